The van der Waals surface area contributed by atoms with Crippen LogP contribution in [-0.2, 0) is 11.3 Å². The predicted molar refractivity (Wildman–Crippen MR) is 101 cm³/mol. The van der Waals surface area contributed by atoms with E-state index in [1.807, 2.05) is 36.1 Å². The van der Waals surface area contributed by atoms with E-state index in [1.54, 1.807) is 0 Å². The van der Waals surface area contributed by atoms with Crippen molar-refractivity contribution >= 4 is 5.91 Å². The fraction of sp³-hybridized carbons (Fsp3) is 0.667. The molecule has 3 rings (SSSR count). The highest BCUT2D eigenvalue weighted by molar-refractivity contribution is 5.94. The molecule has 0 spiro atoms. The van der Waals surface area contributed by atoms with E-state index < -0.39 is 0 Å². The molecule has 2 saturated heterocycles. The summed E-state index contributed by atoms with van der Waals surface area (Å²) in [6, 6.07) is 8.56. The summed E-state index contributed by atoms with van der Waals surface area (Å²) in [4.78, 5) is 17.4. The highest BCUT2D eigenvalue weighted by Gasteiger charge is 2.29. The average Bonchev–Trinajstić information content (AvgIpc) is 2.66. The molecule has 25 heavy (non-hydrogen) atoms. The van der Waals surface area contributed by atoms with Crippen LogP contribution in [0.3, 0.4) is 0 Å². The molecule has 0 aliphatic carbocycles. The summed E-state index contributed by atoms with van der Waals surface area (Å²) >= 11 is 0. The van der Waals surface area contributed by atoms with Crippen LogP contribution in [0.15, 0.2) is 24.3 Å². The Balaban J connectivity index is 1.51. The minimum absolute atomic E-state index is 0.174. The van der Waals surface area contributed by atoms with Crippen molar-refractivity contribution in [3.8, 4) is 0 Å². The Bertz CT molecular complexity index is 550. The second-order valence-electron chi connectivity index (χ2n) is 7.60. The Morgan fingerprint density at radius 1 is 1.12 bits per heavy atom. The summed E-state index contributed by atoms with van der Waals surface area (Å²) in [5.41, 5.74) is 1.92. The molecule has 138 valence electrons. The molecule has 0 aromatic heterocycles. The van der Waals surface area contributed by atoms with Crippen LogP contribution >= 0.6 is 0 Å². The highest BCUT2D eigenvalue weighted by atomic mass is 16.5. The van der Waals surface area contributed by atoms with Crippen LogP contribution in [0, 0.1) is 5.92 Å². The lowest BCUT2D eigenvalue weighted by Crippen LogP contribution is -2.49. The Morgan fingerprint density at radius 2 is 1.84 bits per heavy atom. The number of rotatable bonds is 5. The standard InChI is InChI=1S/C21H32N2O2/c1-3-25-16-18-6-8-19(9-7-18)21(24)22-13-10-20(11-14-22)23-12-4-5-17(2)15-23/h6-9,17,20H,3-5,10-16H2,1-2H3. The van der Waals surface area contributed by atoms with Crippen LogP contribution in [0.25, 0.3) is 0 Å². The zero-order chi connectivity index (χ0) is 17.6. The van der Waals surface area contributed by atoms with E-state index in [4.69, 9.17) is 4.74 Å². The predicted octanol–water partition coefficient (Wildman–Crippen LogP) is 3.56. The average molecular weight is 344 g/mol. The van der Waals surface area contributed by atoms with Crippen LogP contribution < -0.4 is 0 Å². The number of ether oxygens (including phenoxy) is 1. The summed E-state index contributed by atoms with van der Waals surface area (Å²) in [7, 11) is 0. The number of carbonyl (C=O) groups is 1. The summed E-state index contributed by atoms with van der Waals surface area (Å²) in [5, 5.41) is 0. The molecule has 1 aromatic carbocycles. The van der Waals surface area contributed by atoms with Crippen molar-refractivity contribution < 1.29 is 9.53 Å². The van der Waals surface area contributed by atoms with E-state index in [1.165, 1.54) is 25.9 Å². The molecule has 1 aromatic rings. The van der Waals surface area contributed by atoms with E-state index in [2.05, 4.69) is 11.8 Å². The number of benzene rings is 1. The van der Waals surface area contributed by atoms with Gasteiger partial charge in [0.15, 0.2) is 0 Å². The minimum atomic E-state index is 0.174. The van der Waals surface area contributed by atoms with Crippen molar-refractivity contribution in [3.05, 3.63) is 35.4 Å². The van der Waals surface area contributed by atoms with Gasteiger partial charge in [-0.3, -0.25) is 9.69 Å². The third-order valence-corrected chi connectivity index (χ3v) is 5.63. The lowest BCUT2D eigenvalue weighted by atomic mass is 9.95. The zero-order valence-corrected chi connectivity index (χ0v) is 15.7. The van der Waals surface area contributed by atoms with Gasteiger partial charge in [0.25, 0.3) is 5.91 Å². The van der Waals surface area contributed by atoms with Gasteiger partial charge in [-0.2, -0.15) is 0 Å². The quantitative estimate of drug-likeness (QED) is 0.819. The lowest BCUT2D eigenvalue weighted by Gasteiger charge is -2.41. The Hall–Kier alpha value is -1.39. The number of likely N-dealkylation sites (tertiary alicyclic amines) is 2. The molecule has 0 bridgehead atoms. The topological polar surface area (TPSA) is 32.8 Å². The zero-order valence-electron chi connectivity index (χ0n) is 15.7. The van der Waals surface area contributed by atoms with E-state index in [9.17, 15) is 4.79 Å². The molecule has 1 atom stereocenters. The van der Waals surface area contributed by atoms with Crippen LogP contribution in [0.5, 0.6) is 0 Å². The van der Waals surface area contributed by atoms with Gasteiger partial charge in [-0.25, -0.2) is 0 Å². The third kappa shape index (κ3) is 4.83. The Kier molecular flexibility index (Phi) is 6.49. The van der Waals surface area contributed by atoms with Crippen molar-refractivity contribution in [2.75, 3.05) is 32.8 Å². The van der Waals surface area contributed by atoms with Gasteiger partial charge < -0.3 is 9.64 Å². The fourth-order valence-corrected chi connectivity index (χ4v) is 4.14. The second-order valence-corrected chi connectivity index (χ2v) is 7.60. The first-order valence-corrected chi connectivity index (χ1v) is 9.87. The minimum Gasteiger partial charge on any atom is -0.377 e. The van der Waals surface area contributed by atoms with E-state index in [-0.39, 0.29) is 5.91 Å². The molecule has 0 saturated carbocycles. The molecule has 0 radical (unpaired) electrons. The molecular weight excluding hydrogens is 312 g/mol. The number of carbonyl (C=O) groups excluding carboxylic acids is 1. The fourth-order valence-electron chi connectivity index (χ4n) is 4.14. The normalized spacial score (nSPS) is 23.0. The maximum atomic E-state index is 12.7. The molecule has 2 heterocycles. The smallest absolute Gasteiger partial charge is 0.253 e. The SMILES string of the molecule is CCOCc1ccc(C(=O)N2CCC(N3CCCC(C)C3)CC2)cc1. The first-order chi connectivity index (χ1) is 12.2. The van der Waals surface area contributed by atoms with Crippen LogP contribution in [0.2, 0.25) is 0 Å². The van der Waals surface area contributed by atoms with Gasteiger partial charge in [0, 0.05) is 37.8 Å². The van der Waals surface area contributed by atoms with E-state index in [0.29, 0.717) is 19.3 Å². The first kappa shape index (κ1) is 18.4. The lowest BCUT2D eigenvalue weighted by molar-refractivity contribution is 0.0542. The largest absolute Gasteiger partial charge is 0.377 e. The molecular formula is C21H32N2O2. The molecule has 1 unspecified atom stereocenters. The van der Waals surface area contributed by atoms with Crippen LogP contribution in [0.1, 0.15) is 55.5 Å². The van der Waals surface area contributed by atoms with E-state index >= 15 is 0 Å². The number of piperidine rings is 2. The molecule has 0 N–H and O–H groups in total. The van der Waals surface area contributed by atoms with Crippen LogP contribution in [-0.4, -0.2) is 54.5 Å². The van der Waals surface area contributed by atoms with Gasteiger partial charge in [-0.05, 0) is 62.8 Å². The summed E-state index contributed by atoms with van der Waals surface area (Å²) in [6.45, 7) is 9.93. The van der Waals surface area contributed by atoms with Crippen molar-refractivity contribution in [3.63, 3.8) is 0 Å². The molecule has 2 aliphatic heterocycles. The molecule has 4 heteroatoms. The van der Waals surface area contributed by atoms with Gasteiger partial charge in [0.2, 0.25) is 0 Å². The molecule has 2 fully saturated rings. The van der Waals surface area contributed by atoms with Crippen molar-refractivity contribution in [1.82, 2.24) is 9.80 Å². The number of amides is 1. The summed E-state index contributed by atoms with van der Waals surface area (Å²) in [5.74, 6) is 0.997. The van der Waals surface area contributed by atoms with E-state index in [0.717, 1.165) is 43.0 Å². The van der Waals surface area contributed by atoms with Gasteiger partial charge >= 0.3 is 0 Å². The summed E-state index contributed by atoms with van der Waals surface area (Å²) in [6.07, 6.45) is 4.92. The third-order valence-electron chi connectivity index (χ3n) is 5.63. The van der Waals surface area contributed by atoms with Crippen LogP contribution in [0.4, 0.5) is 0 Å². The highest BCUT2D eigenvalue weighted by Crippen LogP contribution is 2.24. The van der Waals surface area contributed by atoms with Gasteiger partial charge in [0.05, 0.1) is 6.61 Å². The van der Waals surface area contributed by atoms with Crippen molar-refractivity contribution in [1.29, 1.82) is 0 Å². The maximum absolute atomic E-state index is 12.7. The molecule has 2 aliphatic rings. The van der Waals surface area contributed by atoms with Gasteiger partial charge in [-0.15, -0.1) is 0 Å². The van der Waals surface area contributed by atoms with Crippen molar-refractivity contribution in [2.45, 2.75) is 52.2 Å². The Morgan fingerprint density at radius 3 is 2.48 bits per heavy atom. The van der Waals surface area contributed by atoms with Gasteiger partial charge in [0.1, 0.15) is 0 Å². The molecule has 1 amide bonds. The number of nitrogens with zero attached hydrogens (tertiary/aromatic N) is 2. The molecule has 4 nitrogen and oxygen atoms in total. The number of hydrogen-bond donors (Lipinski definition) is 0. The monoisotopic (exact) mass is 344 g/mol. The maximum Gasteiger partial charge on any atom is 0.253 e. The van der Waals surface area contributed by atoms with Gasteiger partial charge in [-0.1, -0.05) is 19.1 Å². The number of hydrogen-bond acceptors (Lipinski definition) is 3. The first-order valence-electron chi connectivity index (χ1n) is 9.87. The summed E-state index contributed by atoms with van der Waals surface area (Å²) < 4.78 is 5.41. The Labute approximate surface area is 152 Å². The van der Waals surface area contributed by atoms with Crippen molar-refractivity contribution in [2.24, 2.45) is 5.92 Å². The second kappa shape index (κ2) is 8.81.